The third-order valence-corrected chi connectivity index (χ3v) is 7.34. The standard InChI is InChI=1S/C24H35NO10P2/c1-2-3-23(28)35-18-24(16-26,17-27)25(12-19-4-8-21(9-5-19)14-36(29,30)31)13-20-6-10-22(11-7-20)15-37(32,33)34/h4-11,26-27H,2-3,12-18H2,1H3,(H2,29,30,31)(H2,32,33,34). The summed E-state index contributed by atoms with van der Waals surface area (Å²) >= 11 is 0. The minimum Gasteiger partial charge on any atom is -0.464 e. The summed E-state index contributed by atoms with van der Waals surface area (Å²) in [4.78, 5) is 50.6. The van der Waals surface area contributed by atoms with Crippen LogP contribution in [-0.4, -0.2) is 66.0 Å². The molecule has 0 aromatic heterocycles. The van der Waals surface area contributed by atoms with Gasteiger partial charge in [0.05, 0.1) is 25.5 Å². The summed E-state index contributed by atoms with van der Waals surface area (Å²) in [6.45, 7) is 0.862. The van der Waals surface area contributed by atoms with Crippen molar-refractivity contribution >= 4 is 21.2 Å². The van der Waals surface area contributed by atoms with Gasteiger partial charge in [0, 0.05) is 19.5 Å². The molecular formula is C24H35NO10P2. The van der Waals surface area contributed by atoms with Gasteiger partial charge >= 0.3 is 21.2 Å². The molecule has 2 rings (SSSR count). The number of aliphatic hydroxyl groups is 2. The predicted molar refractivity (Wildman–Crippen MR) is 136 cm³/mol. The number of hydrogen-bond acceptors (Lipinski definition) is 7. The van der Waals surface area contributed by atoms with Crippen molar-refractivity contribution in [2.24, 2.45) is 0 Å². The van der Waals surface area contributed by atoms with E-state index < -0.39 is 52.2 Å². The van der Waals surface area contributed by atoms with E-state index in [0.717, 1.165) is 11.1 Å². The van der Waals surface area contributed by atoms with Gasteiger partial charge < -0.3 is 34.5 Å². The van der Waals surface area contributed by atoms with Crippen molar-refractivity contribution in [3.8, 4) is 0 Å². The summed E-state index contributed by atoms with van der Waals surface area (Å²) in [6.07, 6.45) is -0.0319. The molecule has 0 amide bonds. The molecule has 0 aliphatic rings. The Balaban J connectivity index is 2.34. The molecule has 0 aliphatic heterocycles. The highest BCUT2D eigenvalue weighted by atomic mass is 31.2. The lowest BCUT2D eigenvalue weighted by Gasteiger charge is -2.41. The summed E-state index contributed by atoms with van der Waals surface area (Å²) in [5.41, 5.74) is 0.998. The van der Waals surface area contributed by atoms with Crippen LogP contribution in [0.4, 0.5) is 0 Å². The third kappa shape index (κ3) is 10.8. The monoisotopic (exact) mass is 559 g/mol. The third-order valence-electron chi connectivity index (χ3n) is 5.79. The number of aliphatic hydroxyl groups excluding tert-OH is 2. The van der Waals surface area contributed by atoms with Gasteiger partial charge in [-0.1, -0.05) is 55.5 Å². The molecule has 0 saturated heterocycles. The van der Waals surface area contributed by atoms with Crippen LogP contribution in [0.15, 0.2) is 48.5 Å². The number of nitrogens with zero attached hydrogens (tertiary/aromatic N) is 1. The summed E-state index contributed by atoms with van der Waals surface area (Å²) in [6, 6.07) is 13.1. The van der Waals surface area contributed by atoms with Crippen molar-refractivity contribution < 1.29 is 48.4 Å². The summed E-state index contributed by atoms with van der Waals surface area (Å²) in [5.74, 6) is -0.461. The molecule has 2 aromatic rings. The van der Waals surface area contributed by atoms with Gasteiger partial charge in [0.15, 0.2) is 0 Å². The molecule has 0 bridgehead atoms. The van der Waals surface area contributed by atoms with Crippen molar-refractivity contribution in [2.75, 3.05) is 19.8 Å². The van der Waals surface area contributed by atoms with Crippen LogP contribution in [0, 0.1) is 0 Å². The van der Waals surface area contributed by atoms with Crippen LogP contribution in [0.1, 0.15) is 42.0 Å². The Kier molecular flexibility index (Phi) is 11.6. The first-order valence-electron chi connectivity index (χ1n) is 11.7. The highest BCUT2D eigenvalue weighted by Crippen LogP contribution is 2.39. The molecular weight excluding hydrogens is 524 g/mol. The topological polar surface area (TPSA) is 185 Å². The van der Waals surface area contributed by atoms with E-state index >= 15 is 0 Å². The molecule has 0 radical (unpaired) electrons. The SMILES string of the molecule is CCCC(=O)OCC(CO)(CO)N(Cc1ccc(CP(=O)(O)O)cc1)Cc1ccc(CP(=O)(O)O)cc1. The van der Waals surface area contributed by atoms with Crippen LogP contribution in [0.2, 0.25) is 0 Å². The normalized spacial score (nSPS) is 12.6. The number of rotatable bonds is 15. The molecule has 0 unspecified atom stereocenters. The fourth-order valence-corrected chi connectivity index (χ4v) is 5.10. The van der Waals surface area contributed by atoms with Gasteiger partial charge in [-0.2, -0.15) is 0 Å². The fourth-order valence-electron chi connectivity index (χ4n) is 3.73. The van der Waals surface area contributed by atoms with Gasteiger partial charge in [-0.3, -0.25) is 18.8 Å². The molecule has 0 saturated carbocycles. The van der Waals surface area contributed by atoms with Crippen LogP contribution in [-0.2, 0) is 44.1 Å². The Morgan fingerprint density at radius 2 is 1.16 bits per heavy atom. The maximum Gasteiger partial charge on any atom is 0.329 e. The molecule has 206 valence electrons. The van der Waals surface area contributed by atoms with Crippen LogP contribution in [0.3, 0.4) is 0 Å². The summed E-state index contributed by atoms with van der Waals surface area (Å²) in [7, 11) is -8.46. The maximum absolute atomic E-state index is 12.0. The molecule has 0 heterocycles. The molecule has 0 atom stereocenters. The Morgan fingerprint density at radius 3 is 1.49 bits per heavy atom. The molecule has 6 N–H and O–H groups in total. The van der Waals surface area contributed by atoms with E-state index in [-0.39, 0.29) is 26.1 Å². The quantitative estimate of drug-likeness (QED) is 0.139. The van der Waals surface area contributed by atoms with Gasteiger partial charge in [-0.15, -0.1) is 0 Å². The second-order valence-electron chi connectivity index (χ2n) is 9.09. The van der Waals surface area contributed by atoms with Gasteiger partial charge in [-0.25, -0.2) is 0 Å². The van der Waals surface area contributed by atoms with Crippen molar-refractivity contribution in [1.82, 2.24) is 4.90 Å². The summed E-state index contributed by atoms with van der Waals surface area (Å²) < 4.78 is 28.0. The van der Waals surface area contributed by atoms with Crippen LogP contribution < -0.4 is 0 Å². The average molecular weight is 559 g/mol. The Labute approximate surface area is 216 Å². The predicted octanol–water partition coefficient (Wildman–Crippen LogP) is 2.11. The molecule has 11 nitrogen and oxygen atoms in total. The number of carbonyl (C=O) groups is 1. The number of benzene rings is 2. The van der Waals surface area contributed by atoms with Crippen molar-refractivity contribution in [1.29, 1.82) is 0 Å². The second-order valence-corrected chi connectivity index (χ2v) is 12.4. The van der Waals surface area contributed by atoms with E-state index in [1.165, 1.54) is 0 Å². The first-order chi connectivity index (χ1) is 17.3. The Hall–Kier alpha value is -1.91. The molecule has 0 spiro atoms. The number of ether oxygens (including phenoxy) is 1. The fraction of sp³-hybridized carbons (Fsp3) is 0.458. The van der Waals surface area contributed by atoms with E-state index in [2.05, 4.69) is 0 Å². The molecule has 37 heavy (non-hydrogen) atoms. The van der Waals surface area contributed by atoms with Crippen molar-refractivity contribution in [2.45, 2.75) is 50.7 Å². The van der Waals surface area contributed by atoms with Crippen molar-refractivity contribution in [3.05, 3.63) is 70.8 Å². The summed E-state index contributed by atoms with van der Waals surface area (Å²) in [5, 5.41) is 20.6. The lowest BCUT2D eigenvalue weighted by Crippen LogP contribution is -2.57. The van der Waals surface area contributed by atoms with Gasteiger partial charge in [-0.05, 0) is 28.7 Å². The zero-order valence-corrected chi connectivity index (χ0v) is 22.4. The second kappa shape index (κ2) is 13.8. The largest absolute Gasteiger partial charge is 0.464 e. The molecule has 0 aliphatic carbocycles. The van der Waals surface area contributed by atoms with E-state index in [1.54, 1.807) is 53.4 Å². The van der Waals surface area contributed by atoms with Gasteiger partial charge in [0.2, 0.25) is 0 Å². The molecule has 2 aromatic carbocycles. The minimum atomic E-state index is -4.23. The Bertz CT molecular complexity index is 1020. The average Bonchev–Trinajstić information content (AvgIpc) is 2.80. The first kappa shape index (κ1) is 31.3. The van der Waals surface area contributed by atoms with E-state index in [1.807, 2.05) is 6.92 Å². The highest BCUT2D eigenvalue weighted by molar-refractivity contribution is 7.51. The lowest BCUT2D eigenvalue weighted by atomic mass is 9.97. The van der Waals surface area contributed by atoms with Crippen LogP contribution >= 0.6 is 15.2 Å². The number of esters is 1. The van der Waals surface area contributed by atoms with Gasteiger partial charge in [0.25, 0.3) is 0 Å². The number of hydrogen-bond donors (Lipinski definition) is 6. The minimum absolute atomic E-state index is 0.187. The molecule has 0 fully saturated rings. The Morgan fingerprint density at radius 1 is 0.784 bits per heavy atom. The zero-order chi connectivity index (χ0) is 27.7. The zero-order valence-electron chi connectivity index (χ0n) is 20.6. The lowest BCUT2D eigenvalue weighted by molar-refractivity contribution is -0.152. The number of carbonyl (C=O) groups excluding carboxylic acids is 1. The van der Waals surface area contributed by atoms with E-state index in [0.29, 0.717) is 17.5 Å². The smallest absolute Gasteiger partial charge is 0.329 e. The first-order valence-corrected chi connectivity index (χ1v) is 15.3. The molecule has 13 heteroatoms. The van der Waals surface area contributed by atoms with Crippen LogP contribution in [0.5, 0.6) is 0 Å². The van der Waals surface area contributed by atoms with Crippen LogP contribution in [0.25, 0.3) is 0 Å². The van der Waals surface area contributed by atoms with Crippen molar-refractivity contribution in [3.63, 3.8) is 0 Å². The maximum atomic E-state index is 12.0. The van der Waals surface area contributed by atoms with E-state index in [4.69, 9.17) is 4.74 Å². The van der Waals surface area contributed by atoms with E-state index in [9.17, 15) is 43.7 Å². The van der Waals surface area contributed by atoms with Gasteiger partial charge in [0.1, 0.15) is 12.1 Å². The highest BCUT2D eigenvalue weighted by Gasteiger charge is 2.38.